The van der Waals surface area contributed by atoms with E-state index in [1.165, 1.54) is 18.2 Å². The van der Waals surface area contributed by atoms with Gasteiger partial charge in [-0.15, -0.1) is 0 Å². The molecule has 3 nitrogen and oxygen atoms in total. The van der Waals surface area contributed by atoms with Gasteiger partial charge in [0.1, 0.15) is 5.82 Å². The second kappa shape index (κ2) is 5.44. The van der Waals surface area contributed by atoms with Gasteiger partial charge in [0.2, 0.25) is 0 Å². The third-order valence-corrected chi connectivity index (χ3v) is 3.33. The molecule has 0 heterocycles. The highest BCUT2D eigenvalue weighted by atomic mass is 32.1. The maximum atomic E-state index is 13.1. The van der Waals surface area contributed by atoms with Crippen molar-refractivity contribution in [2.45, 2.75) is 20.8 Å². The first-order chi connectivity index (χ1) is 8.24. The molecule has 1 aromatic carbocycles. The van der Waals surface area contributed by atoms with Gasteiger partial charge in [0.25, 0.3) is 5.91 Å². The number of nitrogens with one attached hydrogen (secondary N) is 1. The first-order valence-corrected chi connectivity index (χ1v) is 5.99. The second-order valence-electron chi connectivity index (χ2n) is 4.89. The number of rotatable bonds is 4. The average Bonchev–Trinajstić information content (AvgIpc) is 2.29. The van der Waals surface area contributed by atoms with Crippen molar-refractivity contribution in [2.75, 3.05) is 6.54 Å². The van der Waals surface area contributed by atoms with Crippen LogP contribution in [0.25, 0.3) is 0 Å². The van der Waals surface area contributed by atoms with Gasteiger partial charge in [-0.05, 0) is 30.7 Å². The van der Waals surface area contributed by atoms with Crippen LogP contribution in [0.15, 0.2) is 18.2 Å². The summed E-state index contributed by atoms with van der Waals surface area (Å²) in [4.78, 5) is 12.2. The first-order valence-electron chi connectivity index (χ1n) is 5.58. The Labute approximate surface area is 112 Å². The molecule has 1 amide bonds. The molecule has 0 fully saturated rings. The van der Waals surface area contributed by atoms with Gasteiger partial charge >= 0.3 is 0 Å². The van der Waals surface area contributed by atoms with Crippen molar-refractivity contribution in [2.24, 2.45) is 11.1 Å². The molecule has 3 N–H and O–H groups in total. The van der Waals surface area contributed by atoms with E-state index in [-0.39, 0.29) is 11.7 Å². The molecule has 0 saturated carbocycles. The van der Waals surface area contributed by atoms with Crippen LogP contribution in [0.5, 0.6) is 0 Å². The topological polar surface area (TPSA) is 55.1 Å². The predicted molar refractivity (Wildman–Crippen MR) is 74.0 cm³/mol. The molecule has 0 aliphatic carbocycles. The smallest absolute Gasteiger partial charge is 0.251 e. The van der Waals surface area contributed by atoms with Crippen LogP contribution < -0.4 is 11.1 Å². The number of benzene rings is 1. The molecule has 0 aliphatic rings. The number of carbonyl (C=O) groups excluding carboxylic acids is 1. The number of thiocarbonyl (C=S) groups is 1. The highest BCUT2D eigenvalue weighted by Gasteiger charge is 2.22. The van der Waals surface area contributed by atoms with Crippen LogP contribution in [-0.2, 0) is 0 Å². The summed E-state index contributed by atoms with van der Waals surface area (Å²) in [5.41, 5.74) is 5.99. The third-order valence-electron chi connectivity index (χ3n) is 2.78. The lowest BCUT2D eigenvalue weighted by Gasteiger charge is -2.23. The number of hydrogen-bond acceptors (Lipinski definition) is 2. The van der Waals surface area contributed by atoms with Crippen molar-refractivity contribution in [3.8, 4) is 0 Å². The SMILES string of the molecule is Cc1cc(C(=O)NCC(C)(C)C(N)=S)ccc1F. The monoisotopic (exact) mass is 268 g/mol. The van der Waals surface area contributed by atoms with Crippen molar-refractivity contribution in [3.05, 3.63) is 35.1 Å². The zero-order valence-corrected chi connectivity index (χ0v) is 11.5. The molecule has 0 radical (unpaired) electrons. The van der Waals surface area contributed by atoms with E-state index in [1.807, 2.05) is 13.8 Å². The minimum atomic E-state index is -0.444. The van der Waals surface area contributed by atoms with Crippen molar-refractivity contribution in [1.29, 1.82) is 0 Å². The fourth-order valence-electron chi connectivity index (χ4n) is 1.28. The lowest BCUT2D eigenvalue weighted by Crippen LogP contribution is -2.41. The highest BCUT2D eigenvalue weighted by molar-refractivity contribution is 7.80. The molecule has 18 heavy (non-hydrogen) atoms. The summed E-state index contributed by atoms with van der Waals surface area (Å²) in [6, 6.07) is 4.24. The Kier molecular flexibility index (Phi) is 4.40. The van der Waals surface area contributed by atoms with Crippen LogP contribution in [0.1, 0.15) is 29.8 Å². The molecular formula is C13H17FN2OS. The molecule has 1 rings (SSSR count). The summed E-state index contributed by atoms with van der Waals surface area (Å²) in [6.07, 6.45) is 0. The van der Waals surface area contributed by atoms with E-state index in [0.717, 1.165) is 0 Å². The maximum Gasteiger partial charge on any atom is 0.251 e. The number of hydrogen-bond donors (Lipinski definition) is 2. The molecule has 0 spiro atoms. The van der Waals surface area contributed by atoms with E-state index in [1.54, 1.807) is 6.92 Å². The van der Waals surface area contributed by atoms with Crippen LogP contribution >= 0.6 is 12.2 Å². The lowest BCUT2D eigenvalue weighted by atomic mass is 9.93. The third kappa shape index (κ3) is 3.50. The van der Waals surface area contributed by atoms with Crippen LogP contribution in [0.3, 0.4) is 0 Å². The minimum absolute atomic E-state index is 0.262. The number of halogens is 1. The Morgan fingerprint density at radius 1 is 1.50 bits per heavy atom. The normalized spacial score (nSPS) is 11.1. The molecule has 0 aliphatic heterocycles. The van der Waals surface area contributed by atoms with Crippen LogP contribution in [0, 0.1) is 18.2 Å². The van der Waals surface area contributed by atoms with Gasteiger partial charge in [-0.3, -0.25) is 4.79 Å². The van der Waals surface area contributed by atoms with Crippen molar-refractivity contribution < 1.29 is 9.18 Å². The number of amides is 1. The molecule has 0 bridgehead atoms. The van der Waals surface area contributed by atoms with Crippen LogP contribution in [-0.4, -0.2) is 17.4 Å². The molecule has 0 atom stereocenters. The summed E-state index contributed by atoms with van der Waals surface area (Å²) in [7, 11) is 0. The Balaban J connectivity index is 2.72. The molecular weight excluding hydrogens is 251 g/mol. The lowest BCUT2D eigenvalue weighted by molar-refractivity contribution is 0.0945. The summed E-state index contributed by atoms with van der Waals surface area (Å²) in [5, 5.41) is 2.74. The van der Waals surface area contributed by atoms with E-state index >= 15 is 0 Å². The van der Waals surface area contributed by atoms with Crippen molar-refractivity contribution in [1.82, 2.24) is 5.32 Å². The van der Waals surface area contributed by atoms with Gasteiger partial charge in [-0.25, -0.2) is 4.39 Å². The fraction of sp³-hybridized carbons (Fsp3) is 0.385. The Hall–Kier alpha value is -1.49. The predicted octanol–water partition coefficient (Wildman–Crippen LogP) is 2.18. The fourth-order valence-corrected chi connectivity index (χ4v) is 1.35. The first kappa shape index (κ1) is 14.6. The minimum Gasteiger partial charge on any atom is -0.393 e. The Morgan fingerprint density at radius 3 is 2.61 bits per heavy atom. The molecule has 98 valence electrons. The van der Waals surface area contributed by atoms with E-state index in [0.29, 0.717) is 22.7 Å². The summed E-state index contributed by atoms with van der Waals surface area (Å²) >= 11 is 4.92. The van der Waals surface area contributed by atoms with Crippen molar-refractivity contribution >= 4 is 23.1 Å². The standard InChI is InChI=1S/C13H17FN2OS/c1-8-6-9(4-5-10(8)14)11(17)16-7-13(2,3)12(15)18/h4-6H,7H2,1-3H3,(H2,15,18)(H,16,17). The summed E-state index contributed by atoms with van der Waals surface area (Å²) in [6.45, 7) is 5.67. The van der Waals surface area contributed by atoms with E-state index in [4.69, 9.17) is 18.0 Å². The summed E-state index contributed by atoms with van der Waals surface area (Å²) < 4.78 is 13.1. The molecule has 0 unspecified atom stereocenters. The highest BCUT2D eigenvalue weighted by Crippen LogP contribution is 2.14. The Bertz CT molecular complexity index is 486. The number of aryl methyl sites for hydroxylation is 1. The van der Waals surface area contributed by atoms with E-state index in [9.17, 15) is 9.18 Å². The van der Waals surface area contributed by atoms with E-state index in [2.05, 4.69) is 5.32 Å². The summed E-state index contributed by atoms with van der Waals surface area (Å²) in [5.74, 6) is -0.586. The van der Waals surface area contributed by atoms with Gasteiger partial charge in [0.15, 0.2) is 0 Å². The van der Waals surface area contributed by atoms with Gasteiger partial charge in [-0.1, -0.05) is 26.1 Å². The maximum absolute atomic E-state index is 13.1. The molecule has 1 aromatic rings. The number of nitrogens with two attached hydrogens (primary N) is 1. The number of carbonyl (C=O) groups is 1. The van der Waals surface area contributed by atoms with Gasteiger partial charge < -0.3 is 11.1 Å². The zero-order valence-electron chi connectivity index (χ0n) is 10.7. The van der Waals surface area contributed by atoms with Gasteiger partial charge in [0.05, 0.1) is 4.99 Å². The van der Waals surface area contributed by atoms with Crippen LogP contribution in [0.2, 0.25) is 0 Å². The largest absolute Gasteiger partial charge is 0.393 e. The zero-order chi connectivity index (χ0) is 13.9. The van der Waals surface area contributed by atoms with E-state index < -0.39 is 5.41 Å². The van der Waals surface area contributed by atoms with Gasteiger partial charge in [-0.2, -0.15) is 0 Å². The average molecular weight is 268 g/mol. The van der Waals surface area contributed by atoms with Crippen molar-refractivity contribution in [3.63, 3.8) is 0 Å². The van der Waals surface area contributed by atoms with Gasteiger partial charge in [0, 0.05) is 17.5 Å². The molecule has 5 heteroatoms. The second-order valence-corrected chi connectivity index (χ2v) is 5.33. The molecule has 0 aromatic heterocycles. The molecule has 0 saturated heterocycles. The van der Waals surface area contributed by atoms with Crippen LogP contribution in [0.4, 0.5) is 4.39 Å². The quantitative estimate of drug-likeness (QED) is 0.823. The Morgan fingerprint density at radius 2 is 2.11 bits per heavy atom.